The van der Waals surface area contributed by atoms with E-state index in [1.54, 1.807) is 20.4 Å². The van der Waals surface area contributed by atoms with E-state index in [1.165, 1.54) is 0 Å². The first kappa shape index (κ1) is 19.2. The van der Waals surface area contributed by atoms with Crippen molar-refractivity contribution in [3.8, 4) is 5.88 Å². The summed E-state index contributed by atoms with van der Waals surface area (Å²) in [5.41, 5.74) is 1.12. The maximum Gasteiger partial charge on any atom is 0.213 e. The fourth-order valence-corrected chi connectivity index (χ4v) is 2.10. The molecule has 0 aliphatic rings. The monoisotopic (exact) mass is 322 g/mol. The fourth-order valence-electron chi connectivity index (χ4n) is 2.10. The lowest BCUT2D eigenvalue weighted by atomic mass is 9.89. The van der Waals surface area contributed by atoms with Crippen LogP contribution in [-0.2, 0) is 11.3 Å². The Bertz CT molecular complexity index is 498. The number of pyridine rings is 1. The first-order valence-corrected chi connectivity index (χ1v) is 7.94. The van der Waals surface area contributed by atoms with Gasteiger partial charge in [-0.05, 0) is 24.0 Å². The zero-order chi connectivity index (χ0) is 17.3. The van der Waals surface area contributed by atoms with Crippen molar-refractivity contribution in [2.75, 3.05) is 27.3 Å². The van der Waals surface area contributed by atoms with Crippen LogP contribution in [0.2, 0.25) is 0 Å². The molecule has 1 heterocycles. The molecule has 0 aliphatic carbocycles. The van der Waals surface area contributed by atoms with Crippen molar-refractivity contribution in [1.82, 2.24) is 15.6 Å². The molecule has 1 unspecified atom stereocenters. The lowest BCUT2D eigenvalue weighted by molar-refractivity contribution is 0.0205. The summed E-state index contributed by atoms with van der Waals surface area (Å²) in [6.45, 7) is 10.6. The van der Waals surface area contributed by atoms with Gasteiger partial charge in [-0.1, -0.05) is 20.8 Å². The third kappa shape index (κ3) is 6.86. The van der Waals surface area contributed by atoms with Crippen LogP contribution in [0.25, 0.3) is 0 Å². The molecule has 2 N–H and O–H groups in total. The molecular formula is C17H30N4O2. The summed E-state index contributed by atoms with van der Waals surface area (Å²) in [5.74, 6) is 1.37. The SMILES string of the molecule is CCNC(=NCc1ccnc(OC)c1)NCC(OC)C(C)(C)C. The smallest absolute Gasteiger partial charge is 0.213 e. The number of methoxy groups -OCH3 is 2. The molecule has 23 heavy (non-hydrogen) atoms. The van der Waals surface area contributed by atoms with Gasteiger partial charge in [0.15, 0.2) is 5.96 Å². The Morgan fingerprint density at radius 1 is 1.30 bits per heavy atom. The maximum absolute atomic E-state index is 5.57. The predicted octanol–water partition coefficient (Wildman–Crippen LogP) is 2.21. The molecule has 6 heteroatoms. The van der Waals surface area contributed by atoms with E-state index in [-0.39, 0.29) is 11.5 Å². The minimum Gasteiger partial charge on any atom is -0.481 e. The van der Waals surface area contributed by atoms with Gasteiger partial charge < -0.3 is 20.1 Å². The van der Waals surface area contributed by atoms with Gasteiger partial charge in [0.05, 0.1) is 19.8 Å². The van der Waals surface area contributed by atoms with Gasteiger partial charge in [0.25, 0.3) is 0 Å². The molecule has 0 radical (unpaired) electrons. The summed E-state index contributed by atoms with van der Waals surface area (Å²) < 4.78 is 10.7. The summed E-state index contributed by atoms with van der Waals surface area (Å²) in [4.78, 5) is 8.70. The van der Waals surface area contributed by atoms with E-state index in [0.29, 0.717) is 19.0 Å². The fraction of sp³-hybridized carbons (Fsp3) is 0.647. The number of nitrogens with zero attached hydrogens (tertiary/aromatic N) is 2. The highest BCUT2D eigenvalue weighted by atomic mass is 16.5. The summed E-state index contributed by atoms with van der Waals surface area (Å²) in [7, 11) is 3.35. The third-order valence-corrected chi connectivity index (χ3v) is 3.48. The van der Waals surface area contributed by atoms with Crippen LogP contribution in [-0.4, -0.2) is 44.4 Å². The normalized spacial score (nSPS) is 13.6. The van der Waals surface area contributed by atoms with E-state index >= 15 is 0 Å². The summed E-state index contributed by atoms with van der Waals surface area (Å²) in [6, 6.07) is 3.82. The lowest BCUT2D eigenvalue weighted by Gasteiger charge is -2.30. The molecule has 1 aromatic rings. The molecule has 1 aromatic heterocycles. The van der Waals surface area contributed by atoms with Crippen LogP contribution in [0.4, 0.5) is 0 Å². The van der Waals surface area contributed by atoms with Gasteiger partial charge >= 0.3 is 0 Å². The highest BCUT2D eigenvalue weighted by Crippen LogP contribution is 2.20. The van der Waals surface area contributed by atoms with Crippen LogP contribution in [0.15, 0.2) is 23.3 Å². The van der Waals surface area contributed by atoms with Crippen LogP contribution in [0, 0.1) is 5.41 Å². The third-order valence-electron chi connectivity index (χ3n) is 3.48. The van der Waals surface area contributed by atoms with Gasteiger partial charge in [-0.25, -0.2) is 9.98 Å². The molecule has 6 nitrogen and oxygen atoms in total. The second-order valence-electron chi connectivity index (χ2n) is 6.37. The zero-order valence-electron chi connectivity index (χ0n) is 15.1. The van der Waals surface area contributed by atoms with Gasteiger partial charge in [0.1, 0.15) is 0 Å². The molecule has 0 spiro atoms. The van der Waals surface area contributed by atoms with Crippen LogP contribution in [0.3, 0.4) is 0 Å². The number of nitrogens with one attached hydrogen (secondary N) is 2. The molecule has 0 bridgehead atoms. The molecule has 0 fully saturated rings. The first-order valence-electron chi connectivity index (χ1n) is 7.94. The number of rotatable bonds is 7. The number of hydrogen-bond donors (Lipinski definition) is 2. The van der Waals surface area contributed by atoms with E-state index in [4.69, 9.17) is 9.47 Å². The van der Waals surface area contributed by atoms with Crippen molar-refractivity contribution in [1.29, 1.82) is 0 Å². The van der Waals surface area contributed by atoms with Gasteiger partial charge in [-0.2, -0.15) is 0 Å². The summed E-state index contributed by atoms with van der Waals surface area (Å²) in [6.07, 6.45) is 1.83. The molecule has 130 valence electrons. The second kappa shape index (κ2) is 9.35. The maximum atomic E-state index is 5.57. The molecule has 0 aromatic carbocycles. The molecule has 0 amide bonds. The Balaban J connectivity index is 2.69. The predicted molar refractivity (Wildman–Crippen MR) is 93.9 cm³/mol. The highest BCUT2D eigenvalue weighted by molar-refractivity contribution is 5.79. The van der Waals surface area contributed by atoms with Gasteiger partial charge in [-0.3, -0.25) is 0 Å². The van der Waals surface area contributed by atoms with Crippen molar-refractivity contribution < 1.29 is 9.47 Å². The Hall–Kier alpha value is -1.82. The van der Waals surface area contributed by atoms with Gasteiger partial charge in [-0.15, -0.1) is 0 Å². The average molecular weight is 322 g/mol. The van der Waals surface area contributed by atoms with E-state index < -0.39 is 0 Å². The van der Waals surface area contributed by atoms with Crippen LogP contribution < -0.4 is 15.4 Å². The summed E-state index contributed by atoms with van der Waals surface area (Å²) in [5, 5.41) is 6.59. The average Bonchev–Trinajstić information content (AvgIpc) is 2.52. The van der Waals surface area contributed by atoms with Crippen LogP contribution >= 0.6 is 0 Å². The number of hydrogen-bond acceptors (Lipinski definition) is 4. The van der Waals surface area contributed by atoms with Crippen LogP contribution in [0.1, 0.15) is 33.3 Å². The molecule has 0 aliphatic heterocycles. The quantitative estimate of drug-likeness (QED) is 0.595. The van der Waals surface area contributed by atoms with Crippen LogP contribution in [0.5, 0.6) is 5.88 Å². The number of ether oxygens (including phenoxy) is 2. The highest BCUT2D eigenvalue weighted by Gasteiger charge is 2.24. The first-order chi connectivity index (χ1) is 10.9. The van der Waals surface area contributed by atoms with Crippen molar-refractivity contribution in [2.24, 2.45) is 10.4 Å². The molecule has 1 rings (SSSR count). The lowest BCUT2D eigenvalue weighted by Crippen LogP contribution is -2.45. The summed E-state index contributed by atoms with van der Waals surface area (Å²) >= 11 is 0. The zero-order valence-corrected chi connectivity index (χ0v) is 15.1. The van der Waals surface area contributed by atoms with E-state index in [2.05, 4.69) is 41.4 Å². The van der Waals surface area contributed by atoms with Crippen molar-refractivity contribution in [3.63, 3.8) is 0 Å². The molecule has 0 saturated carbocycles. The Morgan fingerprint density at radius 3 is 2.61 bits per heavy atom. The Kier molecular flexibility index (Phi) is 7.81. The topological polar surface area (TPSA) is 67.8 Å². The van der Waals surface area contributed by atoms with Crippen molar-refractivity contribution >= 4 is 5.96 Å². The minimum absolute atomic E-state index is 0.0670. The van der Waals surface area contributed by atoms with E-state index in [0.717, 1.165) is 18.1 Å². The Labute approximate surface area is 139 Å². The molecular weight excluding hydrogens is 292 g/mol. The van der Waals surface area contributed by atoms with E-state index in [1.807, 2.05) is 19.1 Å². The minimum atomic E-state index is 0.0670. The van der Waals surface area contributed by atoms with Crippen molar-refractivity contribution in [2.45, 2.75) is 40.3 Å². The second-order valence-corrected chi connectivity index (χ2v) is 6.37. The number of aromatic nitrogens is 1. The van der Waals surface area contributed by atoms with Crippen molar-refractivity contribution in [3.05, 3.63) is 23.9 Å². The van der Waals surface area contributed by atoms with Gasteiger partial charge in [0, 0.05) is 32.5 Å². The Morgan fingerprint density at radius 2 is 2.04 bits per heavy atom. The molecule has 1 atom stereocenters. The number of aliphatic imine (C=N–C) groups is 1. The largest absolute Gasteiger partial charge is 0.481 e. The molecule has 0 saturated heterocycles. The van der Waals surface area contributed by atoms with Gasteiger partial charge in [0.2, 0.25) is 5.88 Å². The van der Waals surface area contributed by atoms with E-state index in [9.17, 15) is 0 Å². The standard InChI is InChI=1S/C17H30N4O2/c1-7-18-16(21-12-14(22-5)17(2,3)4)20-11-13-8-9-19-15(10-13)23-6/h8-10,14H,7,11-12H2,1-6H3,(H2,18,20,21). The number of guanidine groups is 1.